The van der Waals surface area contributed by atoms with Crippen molar-refractivity contribution in [2.75, 3.05) is 6.54 Å². The van der Waals surface area contributed by atoms with Crippen molar-refractivity contribution in [1.29, 1.82) is 0 Å². The van der Waals surface area contributed by atoms with Crippen LogP contribution in [-0.2, 0) is 0 Å². The monoisotopic (exact) mass is 157 g/mol. The van der Waals surface area contributed by atoms with E-state index in [-0.39, 0.29) is 6.10 Å². The minimum absolute atomic E-state index is 0.0877. The largest absolute Gasteiger partial charge is 0.392 e. The van der Waals surface area contributed by atoms with Crippen molar-refractivity contribution in [3.63, 3.8) is 0 Å². The van der Waals surface area contributed by atoms with Crippen LogP contribution in [0.2, 0.25) is 0 Å². The Labute approximate surface area is 69.0 Å². The topological polar surface area (TPSA) is 32.3 Å². The molecule has 1 saturated heterocycles. The Balaban J connectivity index is 2.18. The molecule has 1 aliphatic rings. The van der Waals surface area contributed by atoms with Crippen LogP contribution in [0.5, 0.6) is 0 Å². The predicted molar refractivity (Wildman–Crippen MR) is 46.6 cm³/mol. The summed E-state index contributed by atoms with van der Waals surface area (Å²) in [4.78, 5) is 0. The minimum atomic E-state index is -0.0877. The highest BCUT2D eigenvalue weighted by Crippen LogP contribution is 2.13. The van der Waals surface area contributed by atoms with Crippen LogP contribution in [0, 0.1) is 0 Å². The zero-order valence-corrected chi connectivity index (χ0v) is 7.34. The van der Waals surface area contributed by atoms with Crippen molar-refractivity contribution in [2.24, 2.45) is 0 Å². The zero-order valence-electron chi connectivity index (χ0n) is 7.34. The van der Waals surface area contributed by atoms with Crippen molar-refractivity contribution in [3.05, 3.63) is 0 Å². The van der Waals surface area contributed by atoms with Crippen LogP contribution < -0.4 is 5.32 Å². The van der Waals surface area contributed by atoms with Crippen LogP contribution in [-0.4, -0.2) is 23.8 Å². The van der Waals surface area contributed by atoms with E-state index >= 15 is 0 Å². The molecule has 2 atom stereocenters. The Hall–Kier alpha value is -0.0800. The summed E-state index contributed by atoms with van der Waals surface area (Å²) in [7, 11) is 0. The lowest BCUT2D eigenvalue weighted by atomic mass is 9.97. The van der Waals surface area contributed by atoms with E-state index in [1.807, 2.05) is 0 Å². The van der Waals surface area contributed by atoms with Gasteiger partial charge in [0.05, 0.1) is 6.10 Å². The maximum atomic E-state index is 9.53. The number of rotatable bonds is 3. The van der Waals surface area contributed by atoms with Gasteiger partial charge >= 0.3 is 0 Å². The van der Waals surface area contributed by atoms with E-state index in [1.165, 1.54) is 12.8 Å². The molecular weight excluding hydrogens is 138 g/mol. The van der Waals surface area contributed by atoms with E-state index in [9.17, 15) is 5.11 Å². The zero-order chi connectivity index (χ0) is 8.10. The molecule has 1 fully saturated rings. The molecule has 1 heterocycles. The summed E-state index contributed by atoms with van der Waals surface area (Å²) in [6.45, 7) is 3.28. The molecule has 0 bridgehead atoms. The van der Waals surface area contributed by atoms with E-state index in [0.717, 1.165) is 25.8 Å². The number of aliphatic hydroxyl groups is 1. The Morgan fingerprint density at radius 1 is 1.55 bits per heavy atom. The number of unbranched alkanes of at least 4 members (excludes halogenated alkanes) is 1. The molecule has 0 saturated carbocycles. The summed E-state index contributed by atoms with van der Waals surface area (Å²) in [5.74, 6) is 0. The van der Waals surface area contributed by atoms with Crippen LogP contribution in [0.25, 0.3) is 0 Å². The Morgan fingerprint density at radius 3 is 3.00 bits per heavy atom. The van der Waals surface area contributed by atoms with Crippen molar-refractivity contribution in [1.82, 2.24) is 5.32 Å². The third-order valence-corrected chi connectivity index (χ3v) is 2.42. The molecule has 0 spiro atoms. The fraction of sp³-hybridized carbons (Fsp3) is 1.00. The Kier molecular flexibility index (Phi) is 3.87. The SMILES string of the molecule is CCCCC1NCCCC1O. The summed E-state index contributed by atoms with van der Waals surface area (Å²) < 4.78 is 0. The molecule has 0 radical (unpaired) electrons. The molecule has 2 N–H and O–H groups in total. The second kappa shape index (κ2) is 4.73. The van der Waals surface area contributed by atoms with Crippen molar-refractivity contribution in [3.8, 4) is 0 Å². The van der Waals surface area contributed by atoms with Crippen LogP contribution in [0.1, 0.15) is 39.0 Å². The summed E-state index contributed by atoms with van der Waals surface area (Å²) >= 11 is 0. The number of nitrogens with one attached hydrogen (secondary N) is 1. The second-order valence-corrected chi connectivity index (χ2v) is 3.41. The van der Waals surface area contributed by atoms with E-state index < -0.39 is 0 Å². The minimum Gasteiger partial charge on any atom is -0.392 e. The van der Waals surface area contributed by atoms with Gasteiger partial charge in [-0.05, 0) is 25.8 Å². The third-order valence-electron chi connectivity index (χ3n) is 2.42. The molecule has 1 aliphatic heterocycles. The molecule has 0 aromatic carbocycles. The van der Waals surface area contributed by atoms with Crippen molar-refractivity contribution in [2.45, 2.75) is 51.2 Å². The highest BCUT2D eigenvalue weighted by molar-refractivity contribution is 4.79. The summed E-state index contributed by atoms with van der Waals surface area (Å²) in [6.07, 6.45) is 5.62. The lowest BCUT2D eigenvalue weighted by molar-refractivity contribution is 0.0914. The number of hydrogen-bond acceptors (Lipinski definition) is 2. The molecular formula is C9H19NO. The van der Waals surface area contributed by atoms with Gasteiger partial charge in [0.1, 0.15) is 0 Å². The van der Waals surface area contributed by atoms with Gasteiger partial charge in [-0.25, -0.2) is 0 Å². The van der Waals surface area contributed by atoms with E-state index in [2.05, 4.69) is 12.2 Å². The fourth-order valence-corrected chi connectivity index (χ4v) is 1.65. The fourth-order valence-electron chi connectivity index (χ4n) is 1.65. The smallest absolute Gasteiger partial charge is 0.0693 e. The van der Waals surface area contributed by atoms with Crippen LogP contribution in [0.4, 0.5) is 0 Å². The summed E-state index contributed by atoms with van der Waals surface area (Å²) in [6, 6.07) is 0.378. The Bertz CT molecular complexity index is 106. The summed E-state index contributed by atoms with van der Waals surface area (Å²) in [5.41, 5.74) is 0. The molecule has 0 aromatic rings. The Morgan fingerprint density at radius 2 is 2.36 bits per heavy atom. The molecule has 66 valence electrons. The van der Waals surface area contributed by atoms with Gasteiger partial charge in [-0.3, -0.25) is 0 Å². The predicted octanol–water partition coefficient (Wildman–Crippen LogP) is 1.29. The van der Waals surface area contributed by atoms with E-state index in [1.54, 1.807) is 0 Å². The lowest BCUT2D eigenvalue weighted by Gasteiger charge is -2.28. The average molecular weight is 157 g/mol. The molecule has 2 unspecified atom stereocenters. The van der Waals surface area contributed by atoms with Gasteiger partial charge in [0, 0.05) is 6.04 Å². The highest BCUT2D eigenvalue weighted by atomic mass is 16.3. The van der Waals surface area contributed by atoms with Gasteiger partial charge in [0.15, 0.2) is 0 Å². The van der Waals surface area contributed by atoms with Crippen LogP contribution >= 0.6 is 0 Å². The quantitative estimate of drug-likeness (QED) is 0.647. The third kappa shape index (κ3) is 2.80. The molecule has 0 amide bonds. The van der Waals surface area contributed by atoms with E-state index in [4.69, 9.17) is 0 Å². The van der Waals surface area contributed by atoms with Crippen LogP contribution in [0.15, 0.2) is 0 Å². The maximum absolute atomic E-state index is 9.53. The standard InChI is InChI=1S/C9H19NO/c1-2-3-5-8-9(11)6-4-7-10-8/h8-11H,2-7H2,1H3. The highest BCUT2D eigenvalue weighted by Gasteiger charge is 2.20. The molecule has 1 rings (SSSR count). The molecule has 0 aromatic heterocycles. The first-order valence-electron chi connectivity index (χ1n) is 4.76. The van der Waals surface area contributed by atoms with Gasteiger partial charge in [-0.2, -0.15) is 0 Å². The number of hydrogen-bond donors (Lipinski definition) is 2. The lowest BCUT2D eigenvalue weighted by Crippen LogP contribution is -2.44. The molecule has 2 heteroatoms. The van der Waals surface area contributed by atoms with E-state index in [0.29, 0.717) is 6.04 Å². The van der Waals surface area contributed by atoms with Gasteiger partial charge in [0.25, 0.3) is 0 Å². The number of piperidine rings is 1. The molecule has 2 nitrogen and oxygen atoms in total. The summed E-state index contributed by atoms with van der Waals surface area (Å²) in [5, 5.41) is 12.9. The van der Waals surface area contributed by atoms with Crippen LogP contribution in [0.3, 0.4) is 0 Å². The van der Waals surface area contributed by atoms with Gasteiger partial charge in [-0.1, -0.05) is 19.8 Å². The molecule has 11 heavy (non-hydrogen) atoms. The van der Waals surface area contributed by atoms with Crippen molar-refractivity contribution >= 4 is 0 Å². The van der Waals surface area contributed by atoms with Gasteiger partial charge < -0.3 is 10.4 Å². The second-order valence-electron chi connectivity index (χ2n) is 3.41. The first-order chi connectivity index (χ1) is 5.34. The first-order valence-corrected chi connectivity index (χ1v) is 4.76. The number of aliphatic hydroxyl groups excluding tert-OH is 1. The molecule has 0 aliphatic carbocycles. The maximum Gasteiger partial charge on any atom is 0.0693 e. The van der Waals surface area contributed by atoms with Gasteiger partial charge in [0.2, 0.25) is 0 Å². The normalized spacial score (nSPS) is 32.2. The van der Waals surface area contributed by atoms with Crippen molar-refractivity contribution < 1.29 is 5.11 Å². The van der Waals surface area contributed by atoms with Gasteiger partial charge in [-0.15, -0.1) is 0 Å². The first kappa shape index (κ1) is 9.01. The average Bonchev–Trinajstić information content (AvgIpc) is 2.03.